The van der Waals surface area contributed by atoms with Crippen LogP contribution >= 0.6 is 0 Å². The maximum Gasteiger partial charge on any atom is 0.325 e. The first kappa shape index (κ1) is 38.3. The first-order valence-corrected chi connectivity index (χ1v) is 15.8. The van der Waals surface area contributed by atoms with Crippen molar-refractivity contribution in [3.05, 3.63) is 42.1 Å². The minimum absolute atomic E-state index is 0.122. The van der Waals surface area contributed by atoms with Gasteiger partial charge in [0.25, 0.3) is 0 Å². The standard InChI is InChI=1S/C30H46N4O5.C3H7NO/c1-6-8-9-12-26(35)32-25(29(37)33-28(22(5)7-2)30(38)31-21(3)4)19-23-13-15-24(16-14-23)39-27(36)20-34-17-10-11-18-34;1-2-3(4)5/h13-16,22,25,28H,3,6-12,17-20H2,1-2,4-5H3,(H,31,38)(H,32,35)(H,33,37);2H2,1H3,(H2,4,5). The lowest BCUT2D eigenvalue weighted by atomic mass is 9.97. The van der Waals surface area contributed by atoms with Crippen LogP contribution in [0, 0.1) is 5.92 Å². The molecule has 0 spiro atoms. The third-order valence-corrected chi connectivity index (χ3v) is 7.28. The van der Waals surface area contributed by atoms with Gasteiger partial charge >= 0.3 is 5.97 Å². The van der Waals surface area contributed by atoms with Crippen molar-refractivity contribution in [1.82, 2.24) is 20.9 Å². The molecule has 11 nitrogen and oxygen atoms in total. The van der Waals surface area contributed by atoms with Gasteiger partial charge in [-0.3, -0.25) is 28.9 Å². The van der Waals surface area contributed by atoms with Gasteiger partial charge in [-0.1, -0.05) is 65.7 Å². The van der Waals surface area contributed by atoms with Crippen LogP contribution in [0.15, 0.2) is 36.5 Å². The highest BCUT2D eigenvalue weighted by Gasteiger charge is 2.30. The molecule has 2 rings (SSSR count). The lowest BCUT2D eigenvalue weighted by molar-refractivity contribution is -0.135. The van der Waals surface area contributed by atoms with Crippen molar-refractivity contribution in [2.45, 2.75) is 104 Å². The Hall–Kier alpha value is -3.73. The molecule has 1 aromatic rings. The summed E-state index contributed by atoms with van der Waals surface area (Å²) in [4.78, 5) is 62.8. The molecule has 0 radical (unpaired) electrons. The van der Waals surface area contributed by atoms with E-state index in [1.807, 2.05) is 13.8 Å². The monoisotopic (exact) mass is 615 g/mol. The summed E-state index contributed by atoms with van der Waals surface area (Å²) >= 11 is 0. The van der Waals surface area contributed by atoms with E-state index >= 15 is 0 Å². The van der Waals surface area contributed by atoms with Crippen molar-refractivity contribution in [1.29, 1.82) is 0 Å². The molecular formula is C33H53N5O6. The smallest absolute Gasteiger partial charge is 0.325 e. The highest BCUT2D eigenvalue weighted by molar-refractivity contribution is 5.92. The van der Waals surface area contributed by atoms with E-state index in [4.69, 9.17) is 4.74 Å². The summed E-state index contributed by atoms with van der Waals surface area (Å²) in [5.74, 6) is -1.21. The molecule has 1 aliphatic rings. The van der Waals surface area contributed by atoms with Crippen LogP contribution in [0.4, 0.5) is 0 Å². The molecule has 44 heavy (non-hydrogen) atoms. The van der Waals surface area contributed by atoms with E-state index in [1.165, 1.54) is 0 Å². The van der Waals surface area contributed by atoms with Gasteiger partial charge in [0.1, 0.15) is 17.8 Å². The van der Waals surface area contributed by atoms with E-state index in [0.29, 0.717) is 30.7 Å². The molecule has 0 bridgehead atoms. The van der Waals surface area contributed by atoms with Gasteiger partial charge in [-0.25, -0.2) is 0 Å². The molecule has 11 heteroatoms. The van der Waals surface area contributed by atoms with Crippen LogP contribution in [0.25, 0.3) is 0 Å². The molecule has 0 aliphatic carbocycles. The fourth-order valence-corrected chi connectivity index (χ4v) is 4.47. The minimum Gasteiger partial charge on any atom is -0.426 e. The second-order valence-corrected chi connectivity index (χ2v) is 11.3. The van der Waals surface area contributed by atoms with Gasteiger partial charge in [0.2, 0.25) is 23.6 Å². The average molecular weight is 616 g/mol. The summed E-state index contributed by atoms with van der Waals surface area (Å²) in [6.45, 7) is 15.1. The highest BCUT2D eigenvalue weighted by Crippen LogP contribution is 2.16. The van der Waals surface area contributed by atoms with Crippen LogP contribution in [-0.2, 0) is 30.4 Å². The van der Waals surface area contributed by atoms with Gasteiger partial charge in [0.15, 0.2) is 0 Å². The molecule has 1 heterocycles. The molecule has 246 valence electrons. The fraction of sp³-hybridized carbons (Fsp3) is 0.606. The molecule has 3 unspecified atom stereocenters. The normalized spacial score (nSPS) is 14.7. The van der Waals surface area contributed by atoms with Crippen molar-refractivity contribution in [2.75, 3.05) is 19.6 Å². The van der Waals surface area contributed by atoms with Crippen molar-refractivity contribution in [3.63, 3.8) is 0 Å². The van der Waals surface area contributed by atoms with E-state index < -0.39 is 18.0 Å². The number of carbonyl (C=O) groups is 5. The number of benzene rings is 1. The topological polar surface area (TPSA) is 160 Å². The highest BCUT2D eigenvalue weighted by atomic mass is 16.5. The van der Waals surface area contributed by atoms with Crippen LogP contribution < -0.4 is 26.4 Å². The van der Waals surface area contributed by atoms with Crippen molar-refractivity contribution in [2.24, 2.45) is 11.7 Å². The second kappa shape index (κ2) is 21.1. The number of hydrogen-bond donors (Lipinski definition) is 4. The number of carbonyl (C=O) groups excluding carboxylic acids is 5. The second-order valence-electron chi connectivity index (χ2n) is 11.3. The molecule has 0 saturated carbocycles. The molecule has 1 saturated heterocycles. The molecular weight excluding hydrogens is 562 g/mol. The van der Waals surface area contributed by atoms with E-state index in [-0.39, 0.29) is 42.6 Å². The van der Waals surface area contributed by atoms with Crippen LogP contribution in [0.3, 0.4) is 0 Å². The zero-order chi connectivity index (χ0) is 33.1. The number of nitrogens with zero attached hydrogens (tertiary/aromatic N) is 1. The maximum atomic E-state index is 13.4. The van der Waals surface area contributed by atoms with Gasteiger partial charge in [0.05, 0.1) is 6.54 Å². The predicted molar refractivity (Wildman–Crippen MR) is 171 cm³/mol. The van der Waals surface area contributed by atoms with Gasteiger partial charge in [-0.05, 0) is 62.9 Å². The number of nitrogens with one attached hydrogen (secondary N) is 3. The average Bonchev–Trinajstić information content (AvgIpc) is 3.48. The number of unbranched alkanes of at least 4 members (excludes halogenated alkanes) is 2. The number of amides is 4. The Bertz CT molecular complexity index is 1080. The molecule has 1 fully saturated rings. The summed E-state index contributed by atoms with van der Waals surface area (Å²) in [6, 6.07) is 5.31. The summed E-state index contributed by atoms with van der Waals surface area (Å²) < 4.78 is 5.47. The predicted octanol–water partition coefficient (Wildman–Crippen LogP) is 3.36. The van der Waals surface area contributed by atoms with Gasteiger partial charge < -0.3 is 26.4 Å². The number of hydrogen-bond acceptors (Lipinski definition) is 7. The van der Waals surface area contributed by atoms with Crippen LogP contribution in [0.5, 0.6) is 5.75 Å². The van der Waals surface area contributed by atoms with Gasteiger partial charge in [-0.15, -0.1) is 0 Å². The van der Waals surface area contributed by atoms with E-state index in [9.17, 15) is 24.0 Å². The Kier molecular flexibility index (Phi) is 18.3. The lowest BCUT2D eigenvalue weighted by Gasteiger charge is -2.26. The lowest BCUT2D eigenvalue weighted by Crippen LogP contribution is -2.56. The summed E-state index contributed by atoms with van der Waals surface area (Å²) in [5, 5.41) is 8.41. The van der Waals surface area contributed by atoms with E-state index in [2.05, 4.69) is 40.1 Å². The number of rotatable bonds is 17. The summed E-state index contributed by atoms with van der Waals surface area (Å²) in [5.41, 5.74) is 5.93. The largest absolute Gasteiger partial charge is 0.426 e. The molecule has 3 atom stereocenters. The Morgan fingerprint density at radius 1 is 0.977 bits per heavy atom. The Morgan fingerprint density at radius 2 is 1.59 bits per heavy atom. The Labute approximate surface area is 262 Å². The third-order valence-electron chi connectivity index (χ3n) is 7.28. The molecule has 1 aliphatic heterocycles. The quantitative estimate of drug-likeness (QED) is 0.119. The van der Waals surface area contributed by atoms with Crippen molar-refractivity contribution < 1.29 is 28.7 Å². The number of ether oxygens (including phenoxy) is 1. The zero-order valence-electron chi connectivity index (χ0n) is 27.2. The molecule has 4 amide bonds. The number of primary amides is 1. The Balaban J connectivity index is 0.00000178. The van der Waals surface area contributed by atoms with Gasteiger partial charge in [0, 0.05) is 25.0 Å². The fourth-order valence-electron chi connectivity index (χ4n) is 4.47. The van der Waals surface area contributed by atoms with Crippen LogP contribution in [0.1, 0.15) is 91.5 Å². The maximum absolute atomic E-state index is 13.4. The van der Waals surface area contributed by atoms with E-state index in [1.54, 1.807) is 38.1 Å². The first-order valence-electron chi connectivity index (χ1n) is 15.8. The molecule has 0 aromatic heterocycles. The Morgan fingerprint density at radius 3 is 2.11 bits per heavy atom. The zero-order valence-corrected chi connectivity index (χ0v) is 27.2. The SMILES string of the molecule is C=C(C)NC(=O)C(NC(=O)C(Cc1ccc(OC(=O)CN2CCCC2)cc1)NC(=O)CCCCC)C(C)CC.CCC(N)=O. The number of nitrogens with two attached hydrogens (primary N) is 1. The third kappa shape index (κ3) is 15.7. The molecule has 1 aromatic carbocycles. The number of allylic oxidation sites excluding steroid dienone is 1. The summed E-state index contributed by atoms with van der Waals surface area (Å²) in [7, 11) is 0. The minimum atomic E-state index is -0.869. The van der Waals surface area contributed by atoms with Crippen molar-refractivity contribution in [3.8, 4) is 5.75 Å². The first-order chi connectivity index (χ1) is 20.9. The van der Waals surface area contributed by atoms with Crippen LogP contribution in [0.2, 0.25) is 0 Å². The number of likely N-dealkylation sites (tertiary alicyclic amines) is 1. The van der Waals surface area contributed by atoms with E-state index in [0.717, 1.165) is 50.8 Å². The van der Waals surface area contributed by atoms with Crippen molar-refractivity contribution >= 4 is 29.6 Å². The summed E-state index contributed by atoms with van der Waals surface area (Å²) in [6.07, 6.45) is 6.54. The van der Waals surface area contributed by atoms with Crippen LogP contribution in [-0.4, -0.2) is 66.2 Å². The number of esters is 1. The van der Waals surface area contributed by atoms with Gasteiger partial charge in [-0.2, -0.15) is 0 Å². The molecule has 5 N–H and O–H groups in total.